The SMILES string of the molecule is CCN(Cc1ccccc1)C(=O)C(C)Sc1nnc(-c2ccncc2)n1-c1ccc(Cl)cc1. The molecule has 0 fully saturated rings. The molecule has 168 valence electrons. The van der Waals surface area contributed by atoms with Crippen molar-refractivity contribution in [1.82, 2.24) is 24.6 Å². The number of halogens is 1. The summed E-state index contributed by atoms with van der Waals surface area (Å²) in [7, 11) is 0. The van der Waals surface area contributed by atoms with Gasteiger partial charge in [-0.3, -0.25) is 14.3 Å². The van der Waals surface area contributed by atoms with Gasteiger partial charge in [-0.2, -0.15) is 0 Å². The molecule has 0 saturated heterocycles. The summed E-state index contributed by atoms with van der Waals surface area (Å²) in [4.78, 5) is 19.2. The van der Waals surface area contributed by atoms with Crippen LogP contribution in [0.3, 0.4) is 0 Å². The Kier molecular flexibility index (Phi) is 7.42. The summed E-state index contributed by atoms with van der Waals surface area (Å²) < 4.78 is 1.95. The van der Waals surface area contributed by atoms with E-state index in [2.05, 4.69) is 15.2 Å². The third kappa shape index (κ3) is 5.43. The van der Waals surface area contributed by atoms with Crippen molar-refractivity contribution < 1.29 is 4.79 Å². The van der Waals surface area contributed by atoms with E-state index in [1.807, 2.05) is 90.0 Å². The van der Waals surface area contributed by atoms with Crippen LogP contribution in [0, 0.1) is 0 Å². The first-order chi connectivity index (χ1) is 16.1. The van der Waals surface area contributed by atoms with Crippen molar-refractivity contribution in [1.29, 1.82) is 0 Å². The minimum atomic E-state index is -0.339. The van der Waals surface area contributed by atoms with Crippen LogP contribution < -0.4 is 0 Å². The normalized spacial score (nSPS) is 11.8. The first kappa shape index (κ1) is 23.0. The minimum absolute atomic E-state index is 0.0578. The Morgan fingerprint density at radius 2 is 1.73 bits per heavy atom. The monoisotopic (exact) mass is 477 g/mol. The lowest BCUT2D eigenvalue weighted by Crippen LogP contribution is -2.36. The number of carbonyl (C=O) groups excluding carboxylic acids is 1. The summed E-state index contributed by atoms with van der Waals surface area (Å²) >= 11 is 7.51. The molecule has 8 heteroatoms. The van der Waals surface area contributed by atoms with Crippen molar-refractivity contribution in [3.63, 3.8) is 0 Å². The molecule has 4 aromatic rings. The van der Waals surface area contributed by atoms with Crippen LogP contribution in [0.5, 0.6) is 0 Å². The number of amides is 1. The number of aromatic nitrogens is 4. The van der Waals surface area contributed by atoms with Crippen molar-refractivity contribution >= 4 is 29.3 Å². The molecular weight excluding hydrogens is 454 g/mol. The maximum absolute atomic E-state index is 13.3. The number of rotatable bonds is 8. The zero-order valence-corrected chi connectivity index (χ0v) is 20.0. The third-order valence-corrected chi connectivity index (χ3v) is 6.48. The highest BCUT2D eigenvalue weighted by atomic mass is 35.5. The third-order valence-electron chi connectivity index (χ3n) is 5.20. The molecule has 0 aliphatic rings. The molecule has 6 nitrogen and oxygen atoms in total. The van der Waals surface area contributed by atoms with Gasteiger partial charge in [0.2, 0.25) is 5.91 Å². The van der Waals surface area contributed by atoms with Gasteiger partial charge in [-0.05, 0) is 55.8 Å². The van der Waals surface area contributed by atoms with Crippen LogP contribution in [0.1, 0.15) is 19.4 Å². The second-order valence-corrected chi connectivity index (χ2v) is 9.20. The molecule has 2 heterocycles. The highest BCUT2D eigenvalue weighted by Crippen LogP contribution is 2.31. The van der Waals surface area contributed by atoms with Gasteiger partial charge in [0, 0.05) is 41.8 Å². The number of thioether (sulfide) groups is 1. The zero-order valence-electron chi connectivity index (χ0n) is 18.4. The summed E-state index contributed by atoms with van der Waals surface area (Å²) in [6, 6.07) is 21.3. The second kappa shape index (κ2) is 10.6. The summed E-state index contributed by atoms with van der Waals surface area (Å²) in [5, 5.41) is 9.82. The molecule has 0 aliphatic carbocycles. The molecule has 1 atom stereocenters. The lowest BCUT2D eigenvalue weighted by atomic mass is 10.2. The van der Waals surface area contributed by atoms with Crippen molar-refractivity contribution in [2.75, 3.05) is 6.54 Å². The van der Waals surface area contributed by atoms with Gasteiger partial charge in [-0.15, -0.1) is 10.2 Å². The van der Waals surface area contributed by atoms with E-state index in [-0.39, 0.29) is 11.2 Å². The number of nitrogens with zero attached hydrogens (tertiary/aromatic N) is 5. The van der Waals surface area contributed by atoms with E-state index in [0.29, 0.717) is 29.1 Å². The van der Waals surface area contributed by atoms with Gasteiger partial charge in [0.1, 0.15) is 0 Å². The highest BCUT2D eigenvalue weighted by molar-refractivity contribution is 8.00. The molecule has 0 radical (unpaired) electrons. The highest BCUT2D eigenvalue weighted by Gasteiger charge is 2.25. The second-order valence-electron chi connectivity index (χ2n) is 7.45. The van der Waals surface area contributed by atoms with Crippen molar-refractivity contribution in [3.8, 4) is 17.1 Å². The largest absolute Gasteiger partial charge is 0.338 e. The topological polar surface area (TPSA) is 63.9 Å². The van der Waals surface area contributed by atoms with Gasteiger partial charge in [-0.1, -0.05) is 53.7 Å². The fourth-order valence-electron chi connectivity index (χ4n) is 3.47. The van der Waals surface area contributed by atoms with Crippen LogP contribution >= 0.6 is 23.4 Å². The molecular formula is C25H24ClN5OS. The van der Waals surface area contributed by atoms with E-state index < -0.39 is 0 Å². The zero-order chi connectivity index (χ0) is 23.2. The average Bonchev–Trinajstić information content (AvgIpc) is 3.27. The van der Waals surface area contributed by atoms with Crippen LogP contribution in [-0.4, -0.2) is 42.4 Å². The Hall–Kier alpha value is -3.16. The first-order valence-corrected chi connectivity index (χ1v) is 11.9. The molecule has 0 aliphatic heterocycles. The van der Waals surface area contributed by atoms with E-state index in [1.54, 1.807) is 12.4 Å². The quantitative estimate of drug-likeness (QED) is 0.313. The summed E-state index contributed by atoms with van der Waals surface area (Å²) in [6.07, 6.45) is 3.44. The van der Waals surface area contributed by atoms with Crippen molar-refractivity contribution in [2.24, 2.45) is 0 Å². The van der Waals surface area contributed by atoms with Gasteiger partial charge in [-0.25, -0.2) is 0 Å². The standard InChI is InChI=1S/C25H24ClN5OS/c1-3-30(17-19-7-5-4-6-8-19)24(32)18(2)33-25-29-28-23(20-13-15-27-16-14-20)31(25)22-11-9-21(26)10-12-22/h4-16,18H,3,17H2,1-2H3. The number of carbonyl (C=O) groups is 1. The Balaban J connectivity index is 1.62. The molecule has 0 spiro atoms. The molecule has 4 rings (SSSR count). The predicted molar refractivity (Wildman–Crippen MR) is 132 cm³/mol. The molecule has 1 unspecified atom stereocenters. The molecule has 0 bridgehead atoms. The fraction of sp³-hybridized carbons (Fsp3) is 0.200. The van der Waals surface area contributed by atoms with Crippen LogP contribution in [0.4, 0.5) is 0 Å². The number of benzene rings is 2. The van der Waals surface area contributed by atoms with Crippen LogP contribution in [-0.2, 0) is 11.3 Å². The van der Waals surface area contributed by atoms with E-state index in [1.165, 1.54) is 11.8 Å². The number of pyridine rings is 1. The van der Waals surface area contributed by atoms with Gasteiger partial charge >= 0.3 is 0 Å². The minimum Gasteiger partial charge on any atom is -0.338 e. The maximum Gasteiger partial charge on any atom is 0.236 e. The Morgan fingerprint density at radius 1 is 1.03 bits per heavy atom. The van der Waals surface area contributed by atoms with Gasteiger partial charge in [0.15, 0.2) is 11.0 Å². The maximum atomic E-state index is 13.3. The number of hydrogen-bond acceptors (Lipinski definition) is 5. The summed E-state index contributed by atoms with van der Waals surface area (Å²) in [5.74, 6) is 0.737. The molecule has 1 amide bonds. The molecule has 0 saturated carbocycles. The predicted octanol–water partition coefficient (Wildman–Crippen LogP) is 5.51. The molecule has 2 aromatic carbocycles. The Labute approximate surface area is 202 Å². The Morgan fingerprint density at radius 3 is 2.39 bits per heavy atom. The van der Waals surface area contributed by atoms with E-state index in [9.17, 15) is 4.79 Å². The van der Waals surface area contributed by atoms with E-state index >= 15 is 0 Å². The van der Waals surface area contributed by atoms with Gasteiger partial charge in [0.05, 0.1) is 5.25 Å². The van der Waals surface area contributed by atoms with E-state index in [4.69, 9.17) is 11.6 Å². The number of hydrogen-bond donors (Lipinski definition) is 0. The van der Waals surface area contributed by atoms with Crippen molar-refractivity contribution in [2.45, 2.75) is 30.8 Å². The van der Waals surface area contributed by atoms with Gasteiger partial charge < -0.3 is 4.90 Å². The molecule has 2 aromatic heterocycles. The summed E-state index contributed by atoms with van der Waals surface area (Å²) in [5.41, 5.74) is 2.86. The summed E-state index contributed by atoms with van der Waals surface area (Å²) in [6.45, 7) is 5.11. The van der Waals surface area contributed by atoms with E-state index in [0.717, 1.165) is 16.8 Å². The lowest BCUT2D eigenvalue weighted by Gasteiger charge is -2.24. The average molecular weight is 478 g/mol. The van der Waals surface area contributed by atoms with Crippen molar-refractivity contribution in [3.05, 3.63) is 89.7 Å². The lowest BCUT2D eigenvalue weighted by molar-refractivity contribution is -0.130. The molecule has 0 N–H and O–H groups in total. The first-order valence-electron chi connectivity index (χ1n) is 10.7. The fourth-order valence-corrected chi connectivity index (χ4v) is 4.55. The van der Waals surface area contributed by atoms with Gasteiger partial charge in [0.25, 0.3) is 0 Å². The smallest absolute Gasteiger partial charge is 0.236 e. The van der Waals surface area contributed by atoms with Crippen LogP contribution in [0.15, 0.2) is 84.3 Å². The Bertz CT molecular complexity index is 1200. The van der Waals surface area contributed by atoms with Crippen LogP contribution in [0.25, 0.3) is 17.1 Å². The molecule has 33 heavy (non-hydrogen) atoms. The van der Waals surface area contributed by atoms with Crippen LogP contribution in [0.2, 0.25) is 5.02 Å².